The van der Waals surface area contributed by atoms with E-state index in [0.717, 1.165) is 12.0 Å². The Morgan fingerprint density at radius 2 is 2.40 bits per heavy atom. The van der Waals surface area contributed by atoms with Crippen molar-refractivity contribution in [2.45, 2.75) is 13.3 Å². The maximum absolute atomic E-state index is 10.9. The van der Waals surface area contributed by atoms with Crippen LogP contribution >= 0.6 is 11.8 Å². The van der Waals surface area contributed by atoms with Crippen LogP contribution in [-0.2, 0) is 6.42 Å². The van der Waals surface area contributed by atoms with Gasteiger partial charge in [0.05, 0.1) is 0 Å². The number of hydrogen-bond acceptors (Lipinski definition) is 1. The zero-order valence-corrected chi connectivity index (χ0v) is 6.43. The van der Waals surface area contributed by atoms with Gasteiger partial charge in [-0.1, -0.05) is 6.92 Å². The van der Waals surface area contributed by atoms with Gasteiger partial charge in [0.15, 0.2) is 5.43 Å². The second-order valence-corrected chi connectivity index (χ2v) is 2.42. The Morgan fingerprint density at radius 3 is 2.90 bits per heavy atom. The van der Waals surface area contributed by atoms with Crippen LogP contribution in [0.2, 0.25) is 0 Å². The molecule has 1 rings (SSSR count). The Bertz CT molecular complexity index is 279. The molecular formula is C7H8ClNO. The molecule has 0 fully saturated rings. The van der Waals surface area contributed by atoms with Crippen LogP contribution in [0, 0.1) is 0 Å². The number of pyridine rings is 1. The molecule has 0 aliphatic rings. The third-order valence-electron chi connectivity index (χ3n) is 1.34. The summed E-state index contributed by atoms with van der Waals surface area (Å²) in [5.41, 5.74) is 0.803. The van der Waals surface area contributed by atoms with Crippen LogP contribution in [0.25, 0.3) is 0 Å². The highest BCUT2D eigenvalue weighted by Crippen LogP contribution is 1.94. The molecule has 0 bridgehead atoms. The van der Waals surface area contributed by atoms with Gasteiger partial charge in [0, 0.05) is 35.8 Å². The summed E-state index contributed by atoms with van der Waals surface area (Å²) in [5.74, 6) is 0. The van der Waals surface area contributed by atoms with E-state index in [9.17, 15) is 4.79 Å². The molecule has 0 saturated heterocycles. The standard InChI is InChI=1S/C7H8ClNO/c1-2-6-5-9(8)4-3-7(6)10/h3-5H,2H2,1H3. The van der Waals surface area contributed by atoms with Crippen molar-refractivity contribution in [2.75, 3.05) is 0 Å². The van der Waals surface area contributed by atoms with Gasteiger partial charge < -0.3 is 0 Å². The second-order valence-electron chi connectivity index (χ2n) is 2.03. The lowest BCUT2D eigenvalue weighted by Gasteiger charge is -1.95. The van der Waals surface area contributed by atoms with E-state index in [1.807, 2.05) is 6.92 Å². The normalized spacial score (nSPS) is 9.80. The van der Waals surface area contributed by atoms with Crippen LogP contribution in [0.1, 0.15) is 12.5 Å². The lowest BCUT2D eigenvalue weighted by atomic mass is 10.2. The van der Waals surface area contributed by atoms with Gasteiger partial charge in [0.2, 0.25) is 0 Å². The molecule has 0 aliphatic heterocycles. The molecule has 0 radical (unpaired) electrons. The third kappa shape index (κ3) is 1.39. The van der Waals surface area contributed by atoms with Crippen LogP contribution < -0.4 is 5.43 Å². The number of nitrogens with zero attached hydrogens (tertiary/aromatic N) is 1. The first-order valence-corrected chi connectivity index (χ1v) is 3.45. The minimum absolute atomic E-state index is 0.0550. The summed E-state index contributed by atoms with van der Waals surface area (Å²) in [6.07, 6.45) is 3.89. The van der Waals surface area contributed by atoms with E-state index in [2.05, 4.69) is 0 Å². The first kappa shape index (κ1) is 7.35. The van der Waals surface area contributed by atoms with Gasteiger partial charge in [-0.25, -0.2) is 0 Å². The topological polar surface area (TPSA) is 22.0 Å². The number of halogens is 1. The Balaban J connectivity index is 3.22. The number of aromatic nitrogens is 1. The fourth-order valence-electron chi connectivity index (χ4n) is 0.767. The molecule has 1 heterocycles. The molecule has 0 atom stereocenters. The molecule has 10 heavy (non-hydrogen) atoms. The highest BCUT2D eigenvalue weighted by molar-refractivity contribution is 6.15. The molecule has 0 N–H and O–H groups in total. The fraction of sp³-hybridized carbons (Fsp3) is 0.286. The van der Waals surface area contributed by atoms with Gasteiger partial charge >= 0.3 is 0 Å². The fourth-order valence-corrected chi connectivity index (χ4v) is 0.941. The second kappa shape index (κ2) is 2.88. The Labute approximate surface area is 64.2 Å². The monoisotopic (exact) mass is 157 g/mol. The van der Waals surface area contributed by atoms with E-state index >= 15 is 0 Å². The van der Waals surface area contributed by atoms with Crippen molar-refractivity contribution >= 4 is 11.8 Å². The first-order valence-electron chi connectivity index (χ1n) is 3.11. The highest BCUT2D eigenvalue weighted by atomic mass is 35.5. The summed E-state index contributed by atoms with van der Waals surface area (Å²) in [4.78, 5) is 10.9. The van der Waals surface area contributed by atoms with E-state index in [4.69, 9.17) is 11.8 Å². The average molecular weight is 158 g/mol. The summed E-state index contributed by atoms with van der Waals surface area (Å²) in [5, 5.41) is 0. The van der Waals surface area contributed by atoms with Crippen molar-refractivity contribution in [2.24, 2.45) is 0 Å². The molecule has 1 aromatic heterocycles. The SMILES string of the molecule is CCc1cn(Cl)ccc1=O. The van der Waals surface area contributed by atoms with Crippen molar-refractivity contribution < 1.29 is 0 Å². The van der Waals surface area contributed by atoms with E-state index in [1.54, 1.807) is 6.20 Å². The summed E-state index contributed by atoms with van der Waals surface area (Å²) in [6, 6.07) is 1.46. The van der Waals surface area contributed by atoms with E-state index in [0.29, 0.717) is 0 Å². The molecule has 0 unspecified atom stereocenters. The number of hydrogen-bond donors (Lipinski definition) is 0. The molecule has 54 valence electrons. The molecule has 0 spiro atoms. The quantitative estimate of drug-likeness (QED) is 0.604. The van der Waals surface area contributed by atoms with Gasteiger partial charge in [0.25, 0.3) is 0 Å². The van der Waals surface area contributed by atoms with Gasteiger partial charge in [0.1, 0.15) is 0 Å². The summed E-state index contributed by atoms with van der Waals surface area (Å²) in [7, 11) is 0. The van der Waals surface area contributed by atoms with Crippen LogP contribution in [0.5, 0.6) is 0 Å². The molecule has 0 aliphatic carbocycles. The van der Waals surface area contributed by atoms with Crippen LogP contribution in [0.4, 0.5) is 0 Å². The molecule has 2 nitrogen and oxygen atoms in total. The zero-order valence-electron chi connectivity index (χ0n) is 5.67. The Kier molecular flexibility index (Phi) is 2.12. The summed E-state index contributed by atoms with van der Waals surface area (Å²) >= 11 is 5.57. The van der Waals surface area contributed by atoms with Gasteiger partial charge in [-0.05, 0) is 6.42 Å². The van der Waals surface area contributed by atoms with E-state index < -0.39 is 0 Å². The molecule has 0 aromatic carbocycles. The smallest absolute Gasteiger partial charge is 0.184 e. The Morgan fingerprint density at radius 1 is 1.70 bits per heavy atom. The maximum atomic E-state index is 10.9. The summed E-state index contributed by atoms with van der Waals surface area (Å²) < 4.78 is 1.36. The lowest BCUT2D eigenvalue weighted by molar-refractivity contribution is 1.05. The largest absolute Gasteiger partial charge is 0.290 e. The minimum Gasteiger partial charge on any atom is -0.290 e. The first-order chi connectivity index (χ1) is 4.74. The van der Waals surface area contributed by atoms with Crippen molar-refractivity contribution in [1.29, 1.82) is 0 Å². The molecule has 3 heteroatoms. The van der Waals surface area contributed by atoms with Gasteiger partial charge in [-0.15, -0.1) is 0 Å². The number of aryl methyl sites for hydroxylation is 1. The average Bonchev–Trinajstić information content (AvgIpc) is 1.94. The van der Waals surface area contributed by atoms with E-state index in [1.165, 1.54) is 16.3 Å². The maximum Gasteiger partial charge on any atom is 0.184 e. The van der Waals surface area contributed by atoms with Crippen molar-refractivity contribution in [3.63, 3.8) is 0 Å². The molecule has 1 aromatic rings. The van der Waals surface area contributed by atoms with Crippen LogP contribution in [-0.4, -0.2) is 4.09 Å². The van der Waals surface area contributed by atoms with Crippen LogP contribution in [0.3, 0.4) is 0 Å². The van der Waals surface area contributed by atoms with E-state index in [-0.39, 0.29) is 5.43 Å². The van der Waals surface area contributed by atoms with Crippen LogP contribution in [0.15, 0.2) is 23.3 Å². The minimum atomic E-state index is 0.0550. The lowest BCUT2D eigenvalue weighted by Crippen LogP contribution is -2.07. The predicted molar refractivity (Wildman–Crippen MR) is 41.3 cm³/mol. The zero-order chi connectivity index (χ0) is 7.56. The van der Waals surface area contributed by atoms with Gasteiger partial charge in [-0.3, -0.25) is 8.88 Å². The predicted octanol–water partition coefficient (Wildman–Crippen LogP) is 1.41. The molecule has 0 saturated carbocycles. The van der Waals surface area contributed by atoms with Gasteiger partial charge in [-0.2, -0.15) is 0 Å². The molecular weight excluding hydrogens is 150 g/mol. The summed E-state index contributed by atoms with van der Waals surface area (Å²) in [6.45, 7) is 1.92. The van der Waals surface area contributed by atoms with Crippen molar-refractivity contribution in [3.8, 4) is 0 Å². The van der Waals surface area contributed by atoms with Crippen molar-refractivity contribution in [3.05, 3.63) is 34.2 Å². The molecule has 0 amide bonds. The number of rotatable bonds is 1. The highest BCUT2D eigenvalue weighted by Gasteiger charge is 1.94. The third-order valence-corrected chi connectivity index (χ3v) is 1.56. The Hall–Kier alpha value is -0.760. The van der Waals surface area contributed by atoms with Crippen molar-refractivity contribution in [1.82, 2.24) is 4.09 Å².